The van der Waals surface area contributed by atoms with Gasteiger partial charge in [-0.25, -0.2) is 9.59 Å². The van der Waals surface area contributed by atoms with E-state index in [9.17, 15) is 9.59 Å². The van der Waals surface area contributed by atoms with Crippen molar-refractivity contribution in [2.75, 3.05) is 19.0 Å². The molecule has 1 aliphatic carbocycles. The summed E-state index contributed by atoms with van der Waals surface area (Å²) in [4.78, 5) is 24.0. The third kappa shape index (κ3) is 3.18. The summed E-state index contributed by atoms with van der Waals surface area (Å²) in [6.07, 6.45) is 4.40. The van der Waals surface area contributed by atoms with Crippen LogP contribution in [0.2, 0.25) is 0 Å². The van der Waals surface area contributed by atoms with Crippen LogP contribution in [0.5, 0.6) is 0 Å². The summed E-state index contributed by atoms with van der Waals surface area (Å²) in [5, 5.41) is 9.81. The second-order valence-electron chi connectivity index (χ2n) is 6.13. The molecule has 128 valence electrons. The molecule has 0 bridgehead atoms. The van der Waals surface area contributed by atoms with Crippen LogP contribution in [0.1, 0.15) is 19.3 Å². The Bertz CT molecular complexity index is 774. The number of nitrogens with zero attached hydrogens (tertiary/aromatic N) is 3. The van der Waals surface area contributed by atoms with E-state index in [0.29, 0.717) is 18.0 Å². The van der Waals surface area contributed by atoms with Crippen molar-refractivity contribution in [2.24, 2.45) is 7.05 Å². The highest BCUT2D eigenvalue weighted by atomic mass is 16.5. The van der Waals surface area contributed by atoms with Gasteiger partial charge in [-0.2, -0.15) is 9.78 Å². The topological polar surface area (TPSA) is 90.2 Å². The second kappa shape index (κ2) is 6.48. The molecule has 24 heavy (non-hydrogen) atoms. The number of urea groups is 1. The number of methoxy groups -OCH3 is 1. The number of benzene rings is 1. The molecule has 0 saturated heterocycles. The molecule has 1 saturated carbocycles. The fourth-order valence-corrected chi connectivity index (χ4v) is 2.83. The molecule has 1 fully saturated rings. The van der Waals surface area contributed by atoms with Gasteiger partial charge in [0.05, 0.1) is 17.8 Å². The Balaban J connectivity index is 1.65. The molecule has 2 aromatic rings. The van der Waals surface area contributed by atoms with E-state index in [1.165, 1.54) is 15.6 Å². The van der Waals surface area contributed by atoms with Crippen molar-refractivity contribution in [3.63, 3.8) is 0 Å². The number of ether oxygens (including phenoxy) is 1. The first-order valence-electron chi connectivity index (χ1n) is 7.82. The number of amides is 2. The van der Waals surface area contributed by atoms with Gasteiger partial charge in [0.25, 0.3) is 0 Å². The predicted octanol–water partition coefficient (Wildman–Crippen LogP) is 1.26. The van der Waals surface area contributed by atoms with Crippen LogP contribution in [-0.2, 0) is 11.8 Å². The molecule has 8 heteroatoms. The second-order valence-corrected chi connectivity index (χ2v) is 6.13. The number of nitrogens with one attached hydrogen (secondary N) is 2. The van der Waals surface area contributed by atoms with Crippen LogP contribution in [0.15, 0.2) is 35.4 Å². The van der Waals surface area contributed by atoms with Crippen LogP contribution in [0.4, 0.5) is 10.5 Å². The summed E-state index contributed by atoms with van der Waals surface area (Å²) < 4.78 is 7.89. The molecule has 0 unspecified atom stereocenters. The number of hydrogen-bond donors (Lipinski definition) is 2. The van der Waals surface area contributed by atoms with Gasteiger partial charge >= 0.3 is 11.7 Å². The van der Waals surface area contributed by atoms with Crippen LogP contribution in [0, 0.1) is 0 Å². The maximum absolute atomic E-state index is 12.2. The number of aromatic nitrogens is 3. The van der Waals surface area contributed by atoms with Gasteiger partial charge in [-0.15, -0.1) is 0 Å². The molecule has 3 rings (SSSR count). The molecule has 0 radical (unpaired) electrons. The van der Waals surface area contributed by atoms with Crippen molar-refractivity contribution >= 4 is 11.7 Å². The van der Waals surface area contributed by atoms with E-state index in [1.807, 2.05) is 0 Å². The molecular weight excluding hydrogens is 310 g/mol. The fourth-order valence-electron chi connectivity index (χ4n) is 2.83. The average molecular weight is 331 g/mol. The Hall–Kier alpha value is -2.61. The molecule has 0 atom stereocenters. The summed E-state index contributed by atoms with van der Waals surface area (Å²) in [7, 11) is 3.28. The molecule has 8 nitrogen and oxygen atoms in total. The molecule has 1 aromatic carbocycles. The Morgan fingerprint density at radius 2 is 2.04 bits per heavy atom. The van der Waals surface area contributed by atoms with Gasteiger partial charge < -0.3 is 15.4 Å². The van der Waals surface area contributed by atoms with Gasteiger partial charge in [-0.05, 0) is 43.5 Å². The van der Waals surface area contributed by atoms with E-state index in [-0.39, 0.29) is 17.3 Å². The summed E-state index contributed by atoms with van der Waals surface area (Å²) in [6.45, 7) is 0.516. The minimum Gasteiger partial charge on any atom is -0.382 e. The van der Waals surface area contributed by atoms with Crippen LogP contribution in [0.25, 0.3) is 5.69 Å². The van der Waals surface area contributed by atoms with E-state index in [0.717, 1.165) is 19.3 Å². The number of rotatable bonds is 5. The van der Waals surface area contributed by atoms with Crippen molar-refractivity contribution in [2.45, 2.75) is 24.8 Å². The van der Waals surface area contributed by atoms with Gasteiger partial charge in [0.2, 0.25) is 0 Å². The first kappa shape index (κ1) is 16.3. The van der Waals surface area contributed by atoms with E-state index in [4.69, 9.17) is 4.74 Å². The van der Waals surface area contributed by atoms with E-state index >= 15 is 0 Å². The Morgan fingerprint density at radius 1 is 1.33 bits per heavy atom. The first-order chi connectivity index (χ1) is 11.5. The highest BCUT2D eigenvalue weighted by molar-refractivity contribution is 5.90. The zero-order valence-corrected chi connectivity index (χ0v) is 13.8. The van der Waals surface area contributed by atoms with Crippen LogP contribution < -0.4 is 16.3 Å². The van der Waals surface area contributed by atoms with Gasteiger partial charge in [-0.1, -0.05) is 0 Å². The molecule has 1 heterocycles. The van der Waals surface area contributed by atoms with Crippen molar-refractivity contribution < 1.29 is 9.53 Å². The number of anilines is 1. The summed E-state index contributed by atoms with van der Waals surface area (Å²) in [5.41, 5.74) is 0.813. The SMILES string of the molecule is COCC1(NC(=O)Nc2ccc(-n3ncn(C)c3=O)cc2)CCC1. The van der Waals surface area contributed by atoms with Crippen molar-refractivity contribution in [3.05, 3.63) is 41.1 Å². The predicted molar refractivity (Wildman–Crippen MR) is 89.4 cm³/mol. The number of carbonyl (C=O) groups excluding carboxylic acids is 1. The quantitative estimate of drug-likeness (QED) is 0.863. The maximum atomic E-state index is 12.2. The Morgan fingerprint density at radius 3 is 2.54 bits per heavy atom. The summed E-state index contributed by atoms with van der Waals surface area (Å²) >= 11 is 0. The lowest BCUT2D eigenvalue weighted by Gasteiger charge is -2.41. The van der Waals surface area contributed by atoms with Crippen LogP contribution >= 0.6 is 0 Å². The summed E-state index contributed by atoms with van der Waals surface area (Å²) in [6, 6.07) is 6.69. The lowest BCUT2D eigenvalue weighted by molar-refractivity contribution is 0.0648. The minimum absolute atomic E-state index is 0.222. The lowest BCUT2D eigenvalue weighted by Crippen LogP contribution is -2.57. The highest BCUT2D eigenvalue weighted by Gasteiger charge is 2.38. The van der Waals surface area contributed by atoms with Crippen molar-refractivity contribution in [1.29, 1.82) is 0 Å². The van der Waals surface area contributed by atoms with Gasteiger partial charge in [0, 0.05) is 19.8 Å². The van der Waals surface area contributed by atoms with E-state index < -0.39 is 0 Å². The molecule has 2 amide bonds. The monoisotopic (exact) mass is 331 g/mol. The third-order valence-corrected chi connectivity index (χ3v) is 4.30. The largest absolute Gasteiger partial charge is 0.382 e. The van der Waals surface area contributed by atoms with Gasteiger partial charge in [0.1, 0.15) is 6.33 Å². The highest BCUT2D eigenvalue weighted by Crippen LogP contribution is 2.32. The number of carbonyl (C=O) groups is 1. The lowest BCUT2D eigenvalue weighted by atomic mass is 9.77. The van der Waals surface area contributed by atoms with Crippen LogP contribution in [-0.4, -0.2) is 39.6 Å². The van der Waals surface area contributed by atoms with E-state index in [2.05, 4.69) is 15.7 Å². The molecule has 2 N–H and O–H groups in total. The normalized spacial score (nSPS) is 15.6. The molecule has 1 aromatic heterocycles. The molecule has 0 aliphatic heterocycles. The zero-order chi connectivity index (χ0) is 17.2. The Labute approximate surface area is 139 Å². The molecule has 1 aliphatic rings. The number of aryl methyl sites for hydroxylation is 1. The van der Waals surface area contributed by atoms with E-state index in [1.54, 1.807) is 38.4 Å². The molecule has 0 spiro atoms. The van der Waals surface area contributed by atoms with Crippen molar-refractivity contribution in [1.82, 2.24) is 19.7 Å². The average Bonchev–Trinajstić information content (AvgIpc) is 2.86. The third-order valence-electron chi connectivity index (χ3n) is 4.30. The summed E-state index contributed by atoms with van der Waals surface area (Å²) in [5.74, 6) is 0. The van der Waals surface area contributed by atoms with Gasteiger partial charge in [0.15, 0.2) is 0 Å². The Kier molecular flexibility index (Phi) is 4.39. The standard InChI is InChI=1S/C16H21N5O3/c1-20-11-17-21(15(20)23)13-6-4-12(5-7-13)18-14(22)19-16(10-24-2)8-3-9-16/h4-7,11H,3,8-10H2,1-2H3,(H2,18,19,22). The molecular formula is C16H21N5O3. The maximum Gasteiger partial charge on any atom is 0.350 e. The minimum atomic E-state index is -0.255. The number of hydrogen-bond acceptors (Lipinski definition) is 4. The smallest absolute Gasteiger partial charge is 0.350 e. The van der Waals surface area contributed by atoms with Crippen LogP contribution in [0.3, 0.4) is 0 Å². The fraction of sp³-hybridized carbons (Fsp3) is 0.438. The van der Waals surface area contributed by atoms with Crippen molar-refractivity contribution in [3.8, 4) is 5.69 Å². The van der Waals surface area contributed by atoms with Gasteiger partial charge in [-0.3, -0.25) is 4.57 Å². The zero-order valence-electron chi connectivity index (χ0n) is 13.8. The first-order valence-corrected chi connectivity index (χ1v) is 7.82.